The van der Waals surface area contributed by atoms with Crippen LogP contribution in [0.15, 0.2) is 65.3 Å². The number of benzene rings is 2. The van der Waals surface area contributed by atoms with Crippen molar-refractivity contribution in [3.05, 3.63) is 83.2 Å². The zero-order valence-corrected chi connectivity index (χ0v) is 20.5. The molecule has 0 fully saturated rings. The Morgan fingerprint density at radius 1 is 1.03 bits per heavy atom. The molecule has 2 aromatic carbocycles. The lowest BCUT2D eigenvalue weighted by Gasteiger charge is -2.16. The molecule has 0 bridgehead atoms. The molecule has 0 unspecified atom stereocenters. The average Bonchev–Trinajstić information content (AvgIpc) is 3.24. The first-order valence-corrected chi connectivity index (χ1v) is 11.5. The molecule has 4 rings (SSSR count). The van der Waals surface area contributed by atoms with E-state index >= 15 is 0 Å². The molecule has 0 aliphatic carbocycles. The fourth-order valence-electron chi connectivity index (χ4n) is 3.93. The normalized spacial score (nSPS) is 12.1. The van der Waals surface area contributed by atoms with Gasteiger partial charge in [-0.3, -0.25) is 14.6 Å². The fraction of sp³-hybridized carbons (Fsp3) is 0.222. The smallest absolute Gasteiger partial charge is 0.416 e. The second-order valence-corrected chi connectivity index (χ2v) is 9.04. The third kappa shape index (κ3) is 5.89. The molecule has 6 nitrogen and oxygen atoms in total. The number of pyridine rings is 1. The summed E-state index contributed by atoms with van der Waals surface area (Å²) in [4.78, 5) is 28.7. The van der Waals surface area contributed by atoms with Crippen molar-refractivity contribution in [1.29, 1.82) is 0 Å². The highest BCUT2D eigenvalue weighted by Crippen LogP contribution is 2.43. The van der Waals surface area contributed by atoms with E-state index < -0.39 is 47.8 Å². The van der Waals surface area contributed by atoms with E-state index in [1.807, 2.05) is 0 Å². The standard InChI is InChI=1S/C27H21F6N3O3/c1-26(2,30)25(38)35-13-17-20-19(39-22(17)14-5-3-7-16(11-14)27(31,32)33)9-8-18(21(20)23(28)29)36-24(37)15-6-4-10-34-12-15/h3-12,23H,13H2,1-2H3,(H,35,38)(H,36,37). The van der Waals surface area contributed by atoms with Gasteiger partial charge in [-0.25, -0.2) is 13.2 Å². The zero-order chi connectivity index (χ0) is 28.5. The van der Waals surface area contributed by atoms with Gasteiger partial charge in [-0.15, -0.1) is 0 Å². The predicted molar refractivity (Wildman–Crippen MR) is 131 cm³/mol. The molecule has 39 heavy (non-hydrogen) atoms. The first-order valence-electron chi connectivity index (χ1n) is 11.5. The van der Waals surface area contributed by atoms with E-state index in [1.165, 1.54) is 42.7 Å². The van der Waals surface area contributed by atoms with E-state index in [0.29, 0.717) is 0 Å². The van der Waals surface area contributed by atoms with E-state index in [0.717, 1.165) is 32.0 Å². The number of fused-ring (bicyclic) bond motifs is 1. The number of hydrogen-bond donors (Lipinski definition) is 2. The zero-order valence-electron chi connectivity index (χ0n) is 20.5. The van der Waals surface area contributed by atoms with Gasteiger partial charge in [-0.1, -0.05) is 12.1 Å². The van der Waals surface area contributed by atoms with Crippen LogP contribution in [0.25, 0.3) is 22.3 Å². The number of halogens is 6. The number of alkyl halides is 6. The van der Waals surface area contributed by atoms with E-state index in [1.54, 1.807) is 0 Å². The van der Waals surface area contributed by atoms with Crippen molar-refractivity contribution >= 4 is 28.5 Å². The van der Waals surface area contributed by atoms with Gasteiger partial charge >= 0.3 is 6.18 Å². The maximum Gasteiger partial charge on any atom is 0.416 e. The summed E-state index contributed by atoms with van der Waals surface area (Å²) >= 11 is 0. The van der Waals surface area contributed by atoms with Gasteiger partial charge in [0.1, 0.15) is 11.3 Å². The molecule has 2 aromatic heterocycles. The van der Waals surface area contributed by atoms with Crippen LogP contribution >= 0.6 is 0 Å². The fourth-order valence-corrected chi connectivity index (χ4v) is 3.93. The van der Waals surface area contributed by atoms with Crippen LogP contribution in [-0.4, -0.2) is 22.5 Å². The summed E-state index contributed by atoms with van der Waals surface area (Å²) < 4.78 is 89.1. The number of nitrogens with zero attached hydrogens (tertiary/aromatic N) is 1. The minimum Gasteiger partial charge on any atom is -0.456 e. The molecule has 0 atom stereocenters. The van der Waals surface area contributed by atoms with Crippen LogP contribution in [0.3, 0.4) is 0 Å². The number of anilines is 1. The number of aromatic nitrogens is 1. The molecule has 4 aromatic rings. The number of hydrogen-bond acceptors (Lipinski definition) is 4. The number of carbonyl (C=O) groups is 2. The van der Waals surface area contributed by atoms with Crippen LogP contribution in [0.4, 0.5) is 32.0 Å². The second kappa shape index (κ2) is 10.4. The number of nitrogens with one attached hydrogen (secondary N) is 2. The number of carbonyl (C=O) groups excluding carboxylic acids is 2. The molecular formula is C27H21F6N3O3. The number of furan rings is 1. The predicted octanol–water partition coefficient (Wildman–Crippen LogP) is 7.07. The van der Waals surface area contributed by atoms with E-state index in [9.17, 15) is 35.9 Å². The van der Waals surface area contributed by atoms with Gasteiger partial charge in [0.2, 0.25) is 0 Å². The van der Waals surface area contributed by atoms with Gasteiger partial charge < -0.3 is 15.1 Å². The number of rotatable bonds is 7. The molecule has 2 N–H and O–H groups in total. The van der Waals surface area contributed by atoms with Crippen LogP contribution in [0.5, 0.6) is 0 Å². The summed E-state index contributed by atoms with van der Waals surface area (Å²) in [5, 5.41) is 4.45. The topological polar surface area (TPSA) is 84.2 Å². The van der Waals surface area contributed by atoms with Crippen molar-refractivity contribution in [3.63, 3.8) is 0 Å². The van der Waals surface area contributed by atoms with Crippen LogP contribution in [0, 0.1) is 0 Å². The highest BCUT2D eigenvalue weighted by atomic mass is 19.4. The van der Waals surface area contributed by atoms with Crippen LogP contribution in [0.2, 0.25) is 0 Å². The van der Waals surface area contributed by atoms with Crippen LogP contribution in [-0.2, 0) is 17.5 Å². The number of amides is 2. The molecule has 2 amide bonds. The van der Waals surface area contributed by atoms with Crippen molar-refractivity contribution < 1.29 is 40.3 Å². The Balaban J connectivity index is 1.91. The van der Waals surface area contributed by atoms with Crippen molar-refractivity contribution in [2.24, 2.45) is 0 Å². The molecule has 0 aliphatic heterocycles. The SMILES string of the molecule is CC(C)(F)C(=O)NCc1c(-c2cccc(C(F)(F)F)c2)oc2ccc(NC(=O)c3cccnc3)c(C(F)F)c12. The highest BCUT2D eigenvalue weighted by molar-refractivity contribution is 6.06. The minimum absolute atomic E-state index is 0.0901. The summed E-state index contributed by atoms with van der Waals surface area (Å²) in [6.45, 7) is 1.42. The van der Waals surface area contributed by atoms with Gasteiger partial charge in [-0.2, -0.15) is 13.2 Å². The Hall–Kier alpha value is -4.35. The van der Waals surface area contributed by atoms with Crippen LogP contribution in [0.1, 0.15) is 47.3 Å². The van der Waals surface area contributed by atoms with E-state index in [-0.39, 0.29) is 39.1 Å². The van der Waals surface area contributed by atoms with Crippen molar-refractivity contribution in [2.75, 3.05) is 5.32 Å². The molecule has 0 radical (unpaired) electrons. The Bertz CT molecular complexity index is 1530. The van der Waals surface area contributed by atoms with Gasteiger partial charge in [0, 0.05) is 35.5 Å². The average molecular weight is 549 g/mol. The van der Waals surface area contributed by atoms with E-state index in [4.69, 9.17) is 4.42 Å². The Morgan fingerprint density at radius 3 is 2.38 bits per heavy atom. The molecule has 2 heterocycles. The molecule has 12 heteroatoms. The van der Waals surface area contributed by atoms with Gasteiger partial charge in [0.25, 0.3) is 18.2 Å². The maximum atomic E-state index is 14.5. The molecule has 0 saturated carbocycles. The monoisotopic (exact) mass is 549 g/mol. The third-order valence-corrected chi connectivity index (χ3v) is 5.80. The third-order valence-electron chi connectivity index (χ3n) is 5.80. The summed E-state index contributed by atoms with van der Waals surface area (Å²) in [7, 11) is 0. The Morgan fingerprint density at radius 2 is 1.77 bits per heavy atom. The second-order valence-electron chi connectivity index (χ2n) is 9.04. The van der Waals surface area contributed by atoms with Crippen molar-refractivity contribution in [2.45, 2.75) is 38.7 Å². The first-order chi connectivity index (χ1) is 18.3. The highest BCUT2D eigenvalue weighted by Gasteiger charge is 2.33. The van der Waals surface area contributed by atoms with Crippen molar-refractivity contribution in [1.82, 2.24) is 10.3 Å². The molecule has 0 spiro atoms. The van der Waals surface area contributed by atoms with Gasteiger partial charge in [-0.05, 0) is 50.2 Å². The van der Waals surface area contributed by atoms with Crippen LogP contribution < -0.4 is 10.6 Å². The maximum absolute atomic E-state index is 14.5. The molecular weight excluding hydrogens is 528 g/mol. The summed E-state index contributed by atoms with van der Waals surface area (Å²) in [5.41, 5.74) is -4.59. The lowest BCUT2D eigenvalue weighted by molar-refractivity contribution is -0.137. The quantitative estimate of drug-likeness (QED) is 0.242. The Labute approximate surface area is 218 Å². The molecule has 0 saturated heterocycles. The van der Waals surface area contributed by atoms with Crippen molar-refractivity contribution in [3.8, 4) is 11.3 Å². The molecule has 0 aliphatic rings. The molecule has 204 valence electrons. The van der Waals surface area contributed by atoms with E-state index in [2.05, 4.69) is 15.6 Å². The lowest BCUT2D eigenvalue weighted by Crippen LogP contribution is -2.38. The van der Waals surface area contributed by atoms with Gasteiger partial charge in [0.15, 0.2) is 5.67 Å². The lowest BCUT2D eigenvalue weighted by atomic mass is 9.99. The minimum atomic E-state index is -4.70. The Kier molecular flexibility index (Phi) is 7.40. The summed E-state index contributed by atoms with van der Waals surface area (Å²) in [6, 6.07) is 9.34. The summed E-state index contributed by atoms with van der Waals surface area (Å²) in [5.74, 6) is -2.04. The first kappa shape index (κ1) is 27.7. The largest absolute Gasteiger partial charge is 0.456 e. The summed E-state index contributed by atoms with van der Waals surface area (Å²) in [6.07, 6.45) is -5.23. The van der Waals surface area contributed by atoms with Gasteiger partial charge in [0.05, 0.1) is 22.4 Å².